The zero-order valence-electron chi connectivity index (χ0n) is 12.6. The summed E-state index contributed by atoms with van der Waals surface area (Å²) in [4.78, 5) is 2.73. The van der Waals surface area contributed by atoms with Crippen LogP contribution in [0.2, 0.25) is 0 Å². The van der Waals surface area contributed by atoms with Crippen molar-refractivity contribution in [2.75, 3.05) is 19.6 Å². The molecule has 0 spiro atoms. The van der Waals surface area contributed by atoms with Gasteiger partial charge in [-0.3, -0.25) is 0 Å². The van der Waals surface area contributed by atoms with Crippen molar-refractivity contribution < 1.29 is 0 Å². The highest BCUT2D eigenvalue weighted by atomic mass is 15.2. The molecule has 0 aliphatic carbocycles. The van der Waals surface area contributed by atoms with Crippen LogP contribution in [0.25, 0.3) is 0 Å². The van der Waals surface area contributed by atoms with E-state index >= 15 is 0 Å². The van der Waals surface area contributed by atoms with Crippen molar-refractivity contribution in [1.82, 2.24) is 10.2 Å². The van der Waals surface area contributed by atoms with Gasteiger partial charge in [-0.15, -0.1) is 0 Å². The summed E-state index contributed by atoms with van der Waals surface area (Å²) in [5.74, 6) is 1.85. The van der Waals surface area contributed by atoms with E-state index in [0.717, 1.165) is 23.9 Å². The van der Waals surface area contributed by atoms with E-state index in [1.807, 2.05) is 0 Å². The van der Waals surface area contributed by atoms with Crippen LogP contribution in [-0.2, 0) is 0 Å². The van der Waals surface area contributed by atoms with Gasteiger partial charge in [-0.2, -0.15) is 0 Å². The molecular formula is C16H32N2. The molecule has 2 heteroatoms. The standard InChI is InChI=1S/C16H32N2/c1-13(2)15-7-10-18(11-8-15)14(3)12-16-6-4-5-9-17-16/h13-17H,4-12H2,1-3H3. The van der Waals surface area contributed by atoms with E-state index in [9.17, 15) is 0 Å². The molecule has 2 unspecified atom stereocenters. The second-order valence-electron chi connectivity index (χ2n) is 6.85. The Bertz CT molecular complexity index is 225. The molecule has 2 rings (SSSR count). The van der Waals surface area contributed by atoms with Gasteiger partial charge >= 0.3 is 0 Å². The van der Waals surface area contributed by atoms with Gasteiger partial charge in [-0.25, -0.2) is 0 Å². The van der Waals surface area contributed by atoms with Crippen LogP contribution in [0.15, 0.2) is 0 Å². The fourth-order valence-corrected chi connectivity index (χ4v) is 3.71. The van der Waals surface area contributed by atoms with Crippen LogP contribution >= 0.6 is 0 Å². The Balaban J connectivity index is 1.71. The zero-order valence-corrected chi connectivity index (χ0v) is 12.6. The Kier molecular flexibility index (Phi) is 5.50. The first-order valence-corrected chi connectivity index (χ1v) is 8.14. The van der Waals surface area contributed by atoms with Crippen LogP contribution in [0.4, 0.5) is 0 Å². The predicted octanol–water partition coefficient (Wildman–Crippen LogP) is 3.28. The number of nitrogens with zero attached hydrogens (tertiary/aromatic N) is 1. The van der Waals surface area contributed by atoms with Crippen LogP contribution in [0.5, 0.6) is 0 Å². The highest BCUT2D eigenvalue weighted by molar-refractivity contribution is 4.82. The number of nitrogens with one attached hydrogen (secondary N) is 1. The highest BCUT2D eigenvalue weighted by Crippen LogP contribution is 2.26. The molecule has 2 aliphatic rings. The molecule has 0 aromatic rings. The molecule has 0 aromatic carbocycles. The summed E-state index contributed by atoms with van der Waals surface area (Å²) in [6.45, 7) is 11.1. The molecule has 2 nitrogen and oxygen atoms in total. The molecule has 2 fully saturated rings. The Morgan fingerprint density at radius 3 is 2.33 bits per heavy atom. The minimum Gasteiger partial charge on any atom is -0.314 e. The number of piperidine rings is 2. The van der Waals surface area contributed by atoms with E-state index < -0.39 is 0 Å². The minimum absolute atomic E-state index is 0.772. The maximum absolute atomic E-state index is 3.69. The minimum atomic E-state index is 0.772. The van der Waals surface area contributed by atoms with Gasteiger partial charge in [0, 0.05) is 12.1 Å². The van der Waals surface area contributed by atoms with Gasteiger partial charge in [0.1, 0.15) is 0 Å². The lowest BCUT2D eigenvalue weighted by atomic mass is 9.86. The van der Waals surface area contributed by atoms with Crippen LogP contribution in [0.3, 0.4) is 0 Å². The third-order valence-corrected chi connectivity index (χ3v) is 5.18. The second kappa shape index (κ2) is 6.91. The fraction of sp³-hybridized carbons (Fsp3) is 1.00. The van der Waals surface area contributed by atoms with Gasteiger partial charge in [0.25, 0.3) is 0 Å². The van der Waals surface area contributed by atoms with Crippen LogP contribution in [0, 0.1) is 11.8 Å². The first-order chi connectivity index (χ1) is 8.66. The molecule has 0 radical (unpaired) electrons. The van der Waals surface area contributed by atoms with Gasteiger partial charge < -0.3 is 10.2 Å². The second-order valence-corrected chi connectivity index (χ2v) is 6.85. The summed E-state index contributed by atoms with van der Waals surface area (Å²) in [5, 5.41) is 3.69. The molecular weight excluding hydrogens is 220 g/mol. The number of hydrogen-bond acceptors (Lipinski definition) is 2. The van der Waals surface area contributed by atoms with Crippen molar-refractivity contribution in [3.8, 4) is 0 Å². The first-order valence-electron chi connectivity index (χ1n) is 8.14. The van der Waals surface area contributed by atoms with Crippen molar-refractivity contribution in [3.63, 3.8) is 0 Å². The van der Waals surface area contributed by atoms with Gasteiger partial charge in [-0.1, -0.05) is 20.3 Å². The van der Waals surface area contributed by atoms with Crippen molar-refractivity contribution in [3.05, 3.63) is 0 Å². The smallest absolute Gasteiger partial charge is 0.00818 e. The largest absolute Gasteiger partial charge is 0.314 e. The predicted molar refractivity (Wildman–Crippen MR) is 78.9 cm³/mol. The molecule has 0 aromatic heterocycles. The van der Waals surface area contributed by atoms with Gasteiger partial charge in [0.15, 0.2) is 0 Å². The third kappa shape index (κ3) is 3.96. The quantitative estimate of drug-likeness (QED) is 0.826. The summed E-state index contributed by atoms with van der Waals surface area (Å²) in [5.41, 5.74) is 0. The SMILES string of the molecule is CC(C)C1CCN(C(C)CC2CCCCN2)CC1. The average molecular weight is 252 g/mol. The Morgan fingerprint density at radius 1 is 1.06 bits per heavy atom. The van der Waals surface area contributed by atoms with E-state index in [-0.39, 0.29) is 0 Å². The Morgan fingerprint density at radius 2 is 1.78 bits per heavy atom. The third-order valence-electron chi connectivity index (χ3n) is 5.18. The number of likely N-dealkylation sites (tertiary alicyclic amines) is 1. The number of rotatable bonds is 4. The summed E-state index contributed by atoms with van der Waals surface area (Å²) in [7, 11) is 0. The van der Waals surface area contributed by atoms with Crippen molar-refractivity contribution in [2.45, 2.75) is 71.4 Å². The van der Waals surface area contributed by atoms with Crippen molar-refractivity contribution in [2.24, 2.45) is 11.8 Å². The Hall–Kier alpha value is -0.0800. The molecule has 0 saturated carbocycles. The molecule has 2 atom stereocenters. The number of hydrogen-bond donors (Lipinski definition) is 1. The maximum Gasteiger partial charge on any atom is 0.00818 e. The Labute approximate surface area is 114 Å². The van der Waals surface area contributed by atoms with E-state index in [0.29, 0.717) is 0 Å². The van der Waals surface area contributed by atoms with E-state index in [2.05, 4.69) is 31.0 Å². The van der Waals surface area contributed by atoms with Crippen LogP contribution in [-0.4, -0.2) is 36.6 Å². The molecule has 0 bridgehead atoms. The molecule has 0 amide bonds. The molecule has 1 N–H and O–H groups in total. The summed E-state index contributed by atoms with van der Waals surface area (Å²) in [6, 6.07) is 1.56. The van der Waals surface area contributed by atoms with Crippen LogP contribution < -0.4 is 5.32 Å². The lowest BCUT2D eigenvalue weighted by Gasteiger charge is -2.39. The van der Waals surface area contributed by atoms with Crippen molar-refractivity contribution >= 4 is 0 Å². The monoisotopic (exact) mass is 252 g/mol. The molecule has 2 aliphatic heterocycles. The normalized spacial score (nSPS) is 29.7. The lowest BCUT2D eigenvalue weighted by Crippen LogP contribution is -2.45. The highest BCUT2D eigenvalue weighted by Gasteiger charge is 2.26. The molecule has 18 heavy (non-hydrogen) atoms. The first kappa shape index (κ1) is 14.3. The average Bonchev–Trinajstić information content (AvgIpc) is 2.40. The summed E-state index contributed by atoms with van der Waals surface area (Å²) in [6.07, 6.45) is 8.39. The van der Waals surface area contributed by atoms with Crippen molar-refractivity contribution in [1.29, 1.82) is 0 Å². The summed E-state index contributed by atoms with van der Waals surface area (Å²) < 4.78 is 0. The summed E-state index contributed by atoms with van der Waals surface area (Å²) >= 11 is 0. The van der Waals surface area contributed by atoms with Gasteiger partial charge in [-0.05, 0) is 70.5 Å². The van der Waals surface area contributed by atoms with Crippen LogP contribution in [0.1, 0.15) is 59.3 Å². The van der Waals surface area contributed by atoms with E-state index in [4.69, 9.17) is 0 Å². The van der Waals surface area contributed by atoms with E-state index in [1.165, 1.54) is 58.2 Å². The molecule has 106 valence electrons. The van der Waals surface area contributed by atoms with Gasteiger partial charge in [0.05, 0.1) is 0 Å². The fourth-order valence-electron chi connectivity index (χ4n) is 3.71. The maximum atomic E-state index is 3.69. The lowest BCUT2D eigenvalue weighted by molar-refractivity contribution is 0.109. The zero-order chi connectivity index (χ0) is 13.0. The molecule has 2 heterocycles. The molecule has 2 saturated heterocycles. The topological polar surface area (TPSA) is 15.3 Å². The van der Waals surface area contributed by atoms with Gasteiger partial charge in [0.2, 0.25) is 0 Å². The van der Waals surface area contributed by atoms with E-state index in [1.54, 1.807) is 0 Å².